The molecule has 114 valence electrons. The maximum absolute atomic E-state index is 11.6. The second-order valence-electron chi connectivity index (χ2n) is 3.86. The number of nitrogens with two attached hydrogens (primary N) is 1. The van der Waals surface area contributed by atoms with Crippen molar-refractivity contribution >= 4 is 23.9 Å². The van der Waals surface area contributed by atoms with Crippen molar-refractivity contribution in [3.05, 3.63) is 0 Å². The van der Waals surface area contributed by atoms with E-state index in [1.165, 1.54) is 0 Å². The first-order valence-electron chi connectivity index (χ1n) is 6.05. The summed E-state index contributed by atoms with van der Waals surface area (Å²) in [6, 6.07) is -0.727. The van der Waals surface area contributed by atoms with E-state index in [1.807, 2.05) is 0 Å². The molecule has 9 heteroatoms. The highest BCUT2D eigenvalue weighted by molar-refractivity contribution is 5.85. The standard InChI is InChI=1S/C11H19N3O6/c1-2-20-10(18)4-3-5-13-11(19)14(6-8(12)15)7-9(16)17/h2-7H2,1H3,(H2,12,15)(H,13,19)(H,16,17). The zero-order chi connectivity index (χ0) is 15.5. The van der Waals surface area contributed by atoms with Gasteiger partial charge in [0.1, 0.15) is 13.1 Å². The lowest BCUT2D eigenvalue weighted by molar-refractivity contribution is -0.143. The molecule has 0 spiro atoms. The summed E-state index contributed by atoms with van der Waals surface area (Å²) in [6.45, 7) is 1.01. The van der Waals surface area contributed by atoms with Crippen LogP contribution in [0.2, 0.25) is 0 Å². The van der Waals surface area contributed by atoms with E-state index in [1.54, 1.807) is 6.92 Å². The molecule has 0 aromatic rings. The van der Waals surface area contributed by atoms with Crippen LogP contribution in [0, 0.1) is 0 Å². The predicted octanol–water partition coefficient (Wildman–Crippen LogP) is -1.09. The molecule has 0 saturated carbocycles. The Morgan fingerprint density at radius 2 is 1.90 bits per heavy atom. The van der Waals surface area contributed by atoms with Gasteiger partial charge in [-0.15, -0.1) is 0 Å². The van der Waals surface area contributed by atoms with Crippen LogP contribution in [0.4, 0.5) is 4.79 Å². The average Bonchev–Trinajstić information content (AvgIpc) is 2.32. The average molecular weight is 289 g/mol. The van der Waals surface area contributed by atoms with Crippen LogP contribution in [0.1, 0.15) is 19.8 Å². The second kappa shape index (κ2) is 9.59. The number of urea groups is 1. The van der Waals surface area contributed by atoms with E-state index in [4.69, 9.17) is 15.6 Å². The number of hydrogen-bond acceptors (Lipinski definition) is 5. The monoisotopic (exact) mass is 289 g/mol. The second-order valence-corrected chi connectivity index (χ2v) is 3.86. The molecule has 0 aliphatic heterocycles. The van der Waals surface area contributed by atoms with Gasteiger partial charge in [0.25, 0.3) is 0 Å². The number of carbonyl (C=O) groups is 4. The number of nitrogens with zero attached hydrogens (tertiary/aromatic N) is 1. The number of primary amides is 1. The van der Waals surface area contributed by atoms with Gasteiger partial charge < -0.3 is 25.8 Å². The Labute approximate surface area is 116 Å². The first-order chi connectivity index (χ1) is 9.36. The van der Waals surface area contributed by atoms with Gasteiger partial charge in [-0.3, -0.25) is 14.4 Å². The lowest BCUT2D eigenvalue weighted by Gasteiger charge is -2.19. The van der Waals surface area contributed by atoms with E-state index < -0.39 is 31.0 Å². The minimum absolute atomic E-state index is 0.142. The molecule has 3 amide bonds. The van der Waals surface area contributed by atoms with Crippen LogP contribution in [-0.4, -0.2) is 60.1 Å². The van der Waals surface area contributed by atoms with Crippen LogP contribution in [-0.2, 0) is 19.1 Å². The van der Waals surface area contributed by atoms with Gasteiger partial charge in [0.2, 0.25) is 5.91 Å². The van der Waals surface area contributed by atoms with Crippen molar-refractivity contribution in [1.29, 1.82) is 0 Å². The molecule has 0 saturated heterocycles. The van der Waals surface area contributed by atoms with Gasteiger partial charge in [-0.25, -0.2) is 4.79 Å². The van der Waals surface area contributed by atoms with E-state index in [0.29, 0.717) is 6.42 Å². The van der Waals surface area contributed by atoms with E-state index in [2.05, 4.69) is 5.32 Å². The number of carboxylic acid groups (broad SMARTS) is 1. The highest BCUT2D eigenvalue weighted by atomic mass is 16.5. The third-order valence-corrected chi connectivity index (χ3v) is 2.10. The van der Waals surface area contributed by atoms with Crippen molar-refractivity contribution in [1.82, 2.24) is 10.2 Å². The number of hydrogen-bond donors (Lipinski definition) is 3. The zero-order valence-electron chi connectivity index (χ0n) is 11.3. The first kappa shape index (κ1) is 17.7. The molecule has 0 aromatic carbocycles. The Hall–Kier alpha value is -2.32. The number of ether oxygens (including phenoxy) is 1. The zero-order valence-corrected chi connectivity index (χ0v) is 11.3. The fourth-order valence-electron chi connectivity index (χ4n) is 1.32. The van der Waals surface area contributed by atoms with Gasteiger partial charge >= 0.3 is 18.0 Å². The molecule has 0 bridgehead atoms. The molecular weight excluding hydrogens is 270 g/mol. The Kier molecular flexibility index (Phi) is 8.48. The summed E-state index contributed by atoms with van der Waals surface area (Å²) < 4.78 is 4.70. The minimum Gasteiger partial charge on any atom is -0.480 e. The third-order valence-electron chi connectivity index (χ3n) is 2.10. The molecule has 0 aliphatic rings. The van der Waals surface area contributed by atoms with Crippen molar-refractivity contribution in [2.24, 2.45) is 5.73 Å². The number of carboxylic acids is 1. The summed E-state index contributed by atoms with van der Waals surface area (Å²) >= 11 is 0. The molecule has 0 radical (unpaired) electrons. The molecule has 0 heterocycles. The van der Waals surface area contributed by atoms with Crippen LogP contribution in [0.3, 0.4) is 0 Å². The van der Waals surface area contributed by atoms with Gasteiger partial charge in [-0.05, 0) is 13.3 Å². The van der Waals surface area contributed by atoms with Gasteiger partial charge in [0.05, 0.1) is 6.61 Å². The topological polar surface area (TPSA) is 139 Å². The number of nitrogens with one attached hydrogen (secondary N) is 1. The Morgan fingerprint density at radius 1 is 1.25 bits per heavy atom. The van der Waals surface area contributed by atoms with Crippen molar-refractivity contribution in [2.45, 2.75) is 19.8 Å². The summed E-state index contributed by atoms with van der Waals surface area (Å²) in [5.41, 5.74) is 4.92. The van der Waals surface area contributed by atoms with Crippen LogP contribution in [0.5, 0.6) is 0 Å². The highest BCUT2D eigenvalue weighted by Gasteiger charge is 2.18. The Morgan fingerprint density at radius 3 is 2.40 bits per heavy atom. The van der Waals surface area contributed by atoms with Crippen molar-refractivity contribution in [3.63, 3.8) is 0 Å². The van der Waals surface area contributed by atoms with Gasteiger partial charge in [0.15, 0.2) is 0 Å². The molecule has 0 aromatic heterocycles. The van der Waals surface area contributed by atoms with Crippen LogP contribution >= 0.6 is 0 Å². The first-order valence-corrected chi connectivity index (χ1v) is 6.05. The summed E-state index contributed by atoms with van der Waals surface area (Å²) in [5.74, 6) is -2.44. The molecule has 9 nitrogen and oxygen atoms in total. The molecule has 0 atom stereocenters. The third kappa shape index (κ3) is 8.72. The summed E-state index contributed by atoms with van der Waals surface area (Å²) in [6.07, 6.45) is 0.491. The lowest BCUT2D eigenvalue weighted by Crippen LogP contribution is -2.46. The molecule has 0 aliphatic carbocycles. The van der Waals surface area contributed by atoms with E-state index >= 15 is 0 Å². The fourth-order valence-corrected chi connectivity index (χ4v) is 1.32. The molecule has 0 fully saturated rings. The fraction of sp³-hybridized carbons (Fsp3) is 0.636. The minimum atomic E-state index is -1.26. The summed E-state index contributed by atoms with van der Waals surface area (Å²) in [4.78, 5) is 44.7. The molecule has 20 heavy (non-hydrogen) atoms. The summed E-state index contributed by atoms with van der Waals surface area (Å²) in [7, 11) is 0. The Balaban J connectivity index is 4.09. The normalized spacial score (nSPS) is 9.65. The maximum atomic E-state index is 11.6. The number of amides is 3. The van der Waals surface area contributed by atoms with Crippen molar-refractivity contribution in [2.75, 3.05) is 26.2 Å². The van der Waals surface area contributed by atoms with Gasteiger partial charge in [-0.1, -0.05) is 0 Å². The number of carbonyl (C=O) groups excluding carboxylic acids is 3. The smallest absolute Gasteiger partial charge is 0.323 e. The largest absolute Gasteiger partial charge is 0.480 e. The highest BCUT2D eigenvalue weighted by Crippen LogP contribution is 1.94. The predicted molar refractivity (Wildman–Crippen MR) is 67.7 cm³/mol. The number of aliphatic carboxylic acids is 1. The van der Waals surface area contributed by atoms with E-state index in [9.17, 15) is 19.2 Å². The van der Waals surface area contributed by atoms with Crippen LogP contribution < -0.4 is 11.1 Å². The van der Waals surface area contributed by atoms with Crippen LogP contribution in [0.15, 0.2) is 0 Å². The van der Waals surface area contributed by atoms with Crippen molar-refractivity contribution in [3.8, 4) is 0 Å². The van der Waals surface area contributed by atoms with Crippen molar-refractivity contribution < 1.29 is 29.0 Å². The summed E-state index contributed by atoms with van der Waals surface area (Å²) in [5, 5.41) is 11.0. The SMILES string of the molecule is CCOC(=O)CCCNC(=O)N(CC(N)=O)CC(=O)O. The quantitative estimate of drug-likeness (QED) is 0.364. The van der Waals surface area contributed by atoms with Gasteiger partial charge in [0, 0.05) is 13.0 Å². The molecule has 0 unspecified atom stereocenters. The Bertz CT molecular complexity index is 355. The van der Waals surface area contributed by atoms with E-state index in [-0.39, 0.29) is 25.5 Å². The number of esters is 1. The van der Waals surface area contributed by atoms with Crippen LogP contribution in [0.25, 0.3) is 0 Å². The lowest BCUT2D eigenvalue weighted by atomic mass is 10.3. The molecule has 4 N–H and O–H groups in total. The molecular formula is C11H19N3O6. The number of rotatable bonds is 9. The molecule has 0 rings (SSSR count). The van der Waals surface area contributed by atoms with Gasteiger partial charge in [-0.2, -0.15) is 0 Å². The van der Waals surface area contributed by atoms with E-state index in [0.717, 1.165) is 4.90 Å². The maximum Gasteiger partial charge on any atom is 0.323 e.